The summed E-state index contributed by atoms with van der Waals surface area (Å²) in [6.07, 6.45) is 0.156. The van der Waals surface area contributed by atoms with Gasteiger partial charge in [-0.25, -0.2) is 12.8 Å². The fourth-order valence-corrected chi connectivity index (χ4v) is 5.66. The van der Waals surface area contributed by atoms with Gasteiger partial charge in [-0.3, -0.25) is 18.9 Å². The van der Waals surface area contributed by atoms with Crippen molar-refractivity contribution < 1.29 is 22.3 Å². The molecule has 0 unspecified atom stereocenters. The number of nitrogens with zero attached hydrogens (tertiary/aromatic N) is 2. The third kappa shape index (κ3) is 4.80. The van der Waals surface area contributed by atoms with Gasteiger partial charge in [0.2, 0.25) is 5.91 Å². The van der Waals surface area contributed by atoms with E-state index in [-0.39, 0.29) is 39.4 Å². The molecule has 170 valence electrons. The Labute approximate surface area is 192 Å². The summed E-state index contributed by atoms with van der Waals surface area (Å²) in [4.78, 5) is 26.1. The molecule has 1 amide bonds. The van der Waals surface area contributed by atoms with Crippen molar-refractivity contribution in [3.05, 3.63) is 56.9 Å². The molecule has 1 fully saturated rings. The van der Waals surface area contributed by atoms with Gasteiger partial charge in [-0.15, -0.1) is 0 Å². The lowest BCUT2D eigenvalue weighted by molar-refractivity contribution is -0.135. The number of thiazole rings is 1. The number of morpholine rings is 1. The van der Waals surface area contributed by atoms with Crippen molar-refractivity contribution in [2.45, 2.75) is 17.9 Å². The van der Waals surface area contributed by atoms with Crippen LogP contribution in [0.4, 0.5) is 10.1 Å². The Balaban J connectivity index is 1.54. The molecule has 1 saturated heterocycles. The molecule has 1 N–H and O–H groups in total. The van der Waals surface area contributed by atoms with Crippen LogP contribution in [0, 0.1) is 5.82 Å². The van der Waals surface area contributed by atoms with E-state index in [1.54, 1.807) is 4.90 Å². The van der Waals surface area contributed by atoms with E-state index in [1.165, 1.54) is 34.9 Å². The van der Waals surface area contributed by atoms with Crippen LogP contribution >= 0.6 is 22.9 Å². The number of anilines is 1. The molecular weight excluding hydrogens is 481 g/mol. The predicted octanol–water partition coefficient (Wildman–Crippen LogP) is 2.91. The van der Waals surface area contributed by atoms with E-state index in [9.17, 15) is 22.4 Å². The lowest BCUT2D eigenvalue weighted by Gasteiger charge is -2.26. The number of rotatable bonds is 6. The molecule has 32 heavy (non-hydrogen) atoms. The van der Waals surface area contributed by atoms with Crippen molar-refractivity contribution in [3.8, 4) is 0 Å². The molecule has 12 heteroatoms. The van der Waals surface area contributed by atoms with Crippen LogP contribution < -0.4 is 9.60 Å². The summed E-state index contributed by atoms with van der Waals surface area (Å²) in [5, 5.41) is 0.144. The van der Waals surface area contributed by atoms with Crippen LogP contribution in [0.25, 0.3) is 10.2 Å². The third-order valence-corrected chi connectivity index (χ3v) is 7.58. The maximum absolute atomic E-state index is 14.0. The molecule has 0 saturated carbocycles. The van der Waals surface area contributed by atoms with Gasteiger partial charge in [0.15, 0.2) is 0 Å². The van der Waals surface area contributed by atoms with Gasteiger partial charge in [0.05, 0.1) is 34.0 Å². The second-order valence-corrected chi connectivity index (χ2v) is 10.2. The van der Waals surface area contributed by atoms with Gasteiger partial charge in [0.25, 0.3) is 10.0 Å². The van der Waals surface area contributed by atoms with Crippen molar-refractivity contribution in [3.63, 3.8) is 0 Å². The summed E-state index contributed by atoms with van der Waals surface area (Å²) in [5.41, 5.74) is 0.299. The number of carbonyl (C=O) groups excluding carboxylic acids is 1. The molecule has 0 aliphatic carbocycles. The Morgan fingerprint density at radius 1 is 1.19 bits per heavy atom. The van der Waals surface area contributed by atoms with Crippen molar-refractivity contribution >= 4 is 54.8 Å². The number of aromatic nitrogens is 1. The van der Waals surface area contributed by atoms with Crippen LogP contribution in [-0.4, -0.2) is 50.1 Å². The van der Waals surface area contributed by atoms with Gasteiger partial charge in [0, 0.05) is 31.1 Å². The average Bonchev–Trinajstić information content (AvgIpc) is 3.08. The Morgan fingerprint density at radius 2 is 1.94 bits per heavy atom. The molecular formula is C20H19ClFN3O5S2. The zero-order chi connectivity index (χ0) is 22.9. The highest BCUT2D eigenvalue weighted by atomic mass is 35.5. The Hall–Kier alpha value is -2.47. The quantitative estimate of drug-likeness (QED) is 0.562. The molecule has 0 atom stereocenters. The molecule has 2 heterocycles. The highest BCUT2D eigenvalue weighted by molar-refractivity contribution is 7.92. The van der Waals surface area contributed by atoms with Crippen molar-refractivity contribution in [1.82, 2.24) is 9.47 Å². The fraction of sp³-hybridized carbons (Fsp3) is 0.300. The monoisotopic (exact) mass is 499 g/mol. The first-order chi connectivity index (χ1) is 15.2. The topological polar surface area (TPSA) is 97.7 Å². The van der Waals surface area contributed by atoms with Gasteiger partial charge in [-0.05, 0) is 36.4 Å². The largest absolute Gasteiger partial charge is 0.378 e. The molecule has 1 aliphatic heterocycles. The van der Waals surface area contributed by atoms with Gasteiger partial charge in [-0.1, -0.05) is 22.9 Å². The van der Waals surface area contributed by atoms with E-state index in [0.717, 1.165) is 17.4 Å². The van der Waals surface area contributed by atoms with Crippen LogP contribution in [0.15, 0.2) is 46.1 Å². The zero-order valence-corrected chi connectivity index (χ0v) is 19.1. The zero-order valence-electron chi connectivity index (χ0n) is 16.7. The summed E-state index contributed by atoms with van der Waals surface area (Å²) < 4.78 is 48.8. The average molecular weight is 500 g/mol. The van der Waals surface area contributed by atoms with E-state index in [0.29, 0.717) is 36.5 Å². The summed E-state index contributed by atoms with van der Waals surface area (Å²) in [6, 6.07) is 7.82. The predicted molar refractivity (Wildman–Crippen MR) is 120 cm³/mol. The highest BCUT2D eigenvalue weighted by Crippen LogP contribution is 2.26. The summed E-state index contributed by atoms with van der Waals surface area (Å²) in [7, 11) is -4.09. The number of sulfonamides is 1. The second kappa shape index (κ2) is 9.18. The van der Waals surface area contributed by atoms with E-state index in [4.69, 9.17) is 16.3 Å². The first-order valence-corrected chi connectivity index (χ1v) is 12.4. The lowest BCUT2D eigenvalue weighted by atomic mass is 10.3. The maximum Gasteiger partial charge on any atom is 0.308 e. The van der Waals surface area contributed by atoms with Crippen molar-refractivity contribution in [2.75, 3.05) is 31.0 Å². The molecule has 0 radical (unpaired) electrons. The Kier molecular flexibility index (Phi) is 6.52. The molecule has 8 nitrogen and oxygen atoms in total. The molecule has 4 rings (SSSR count). The molecule has 0 spiro atoms. The van der Waals surface area contributed by atoms with Crippen LogP contribution in [-0.2, 0) is 26.1 Å². The van der Waals surface area contributed by atoms with Crippen LogP contribution in [0.3, 0.4) is 0 Å². The Bertz CT molecular complexity index is 1330. The van der Waals surface area contributed by atoms with Gasteiger partial charge >= 0.3 is 4.87 Å². The lowest BCUT2D eigenvalue weighted by Crippen LogP contribution is -2.41. The maximum atomic E-state index is 14.0. The number of nitrogens with one attached hydrogen (secondary N) is 1. The molecule has 3 aromatic rings. The van der Waals surface area contributed by atoms with Crippen molar-refractivity contribution in [2.24, 2.45) is 0 Å². The number of halogens is 2. The van der Waals surface area contributed by atoms with Gasteiger partial charge in [-0.2, -0.15) is 0 Å². The van der Waals surface area contributed by atoms with Crippen molar-refractivity contribution in [1.29, 1.82) is 0 Å². The first-order valence-electron chi connectivity index (χ1n) is 9.71. The number of hydrogen-bond acceptors (Lipinski definition) is 6. The smallest absolute Gasteiger partial charge is 0.308 e. The minimum Gasteiger partial charge on any atom is -0.378 e. The molecule has 1 aromatic heterocycles. The second-order valence-electron chi connectivity index (χ2n) is 7.12. The minimum atomic E-state index is -4.09. The molecule has 0 bridgehead atoms. The van der Waals surface area contributed by atoms with E-state index < -0.39 is 15.8 Å². The molecule has 1 aliphatic rings. The molecule has 2 aromatic carbocycles. The SMILES string of the molecule is O=C(CCn1c(=O)sc2cc(S(=O)(=O)Nc3ccc(Cl)cc3F)ccc21)N1CCOCC1. The number of hydrogen-bond donors (Lipinski definition) is 1. The van der Waals surface area contributed by atoms with Crippen LogP contribution in [0.1, 0.15) is 6.42 Å². The number of ether oxygens (including phenoxy) is 1. The number of benzene rings is 2. The van der Waals surface area contributed by atoms with Crippen LogP contribution in [0.2, 0.25) is 5.02 Å². The number of aryl methyl sites for hydroxylation is 1. The normalized spacial score (nSPS) is 14.6. The van der Waals surface area contributed by atoms with E-state index in [2.05, 4.69) is 4.72 Å². The Morgan fingerprint density at radius 3 is 2.66 bits per heavy atom. The standard InChI is InChI=1S/C20H19ClFN3O5S2/c21-13-1-3-16(15(22)11-13)23-32(28,29)14-2-4-17-18(12-14)31-20(27)25(17)6-5-19(26)24-7-9-30-10-8-24/h1-4,11-12,23H,5-10H2. The fourth-order valence-electron chi connectivity index (χ4n) is 3.38. The first kappa shape index (κ1) is 22.7. The summed E-state index contributed by atoms with van der Waals surface area (Å²) in [5.74, 6) is -0.865. The number of carbonyl (C=O) groups is 1. The van der Waals surface area contributed by atoms with Gasteiger partial charge < -0.3 is 9.64 Å². The van der Waals surface area contributed by atoms with E-state index in [1.807, 2.05) is 0 Å². The van der Waals surface area contributed by atoms with Gasteiger partial charge in [0.1, 0.15) is 5.82 Å². The summed E-state index contributed by atoms with van der Waals surface area (Å²) >= 11 is 6.59. The van der Waals surface area contributed by atoms with E-state index >= 15 is 0 Å². The van der Waals surface area contributed by atoms with Crippen LogP contribution in [0.5, 0.6) is 0 Å². The third-order valence-electron chi connectivity index (χ3n) is 5.04. The number of amides is 1. The highest BCUT2D eigenvalue weighted by Gasteiger charge is 2.20. The number of fused-ring (bicyclic) bond motifs is 1. The minimum absolute atomic E-state index is 0.0621. The summed E-state index contributed by atoms with van der Waals surface area (Å²) in [6.45, 7) is 2.24.